The minimum Gasteiger partial charge on any atom is -0.479 e. The molecule has 9 unspecified atom stereocenters. The van der Waals surface area contributed by atoms with Gasteiger partial charge in [-0.05, 0) is 37.2 Å². The molecule has 14 nitrogen and oxygen atoms in total. The number of likely N-dealkylation sites (tertiary alicyclic amines) is 1. The van der Waals surface area contributed by atoms with Gasteiger partial charge in [-0.15, -0.1) is 0 Å². The lowest BCUT2D eigenvalue weighted by atomic mass is 9.90. The second-order valence-electron chi connectivity index (χ2n) is 14.6. The highest BCUT2D eigenvalue weighted by atomic mass is 16.7. The second-order valence-corrected chi connectivity index (χ2v) is 14.6. The molecule has 4 N–H and O–H groups in total. The number of methoxy groups -OCH3 is 2. The Bertz CT molecular complexity index is 1270. The number of likely N-dealkylation sites (N-methyl/N-ethyl adjacent to an activating group) is 1. The van der Waals surface area contributed by atoms with Crippen LogP contribution in [0.3, 0.4) is 0 Å². The summed E-state index contributed by atoms with van der Waals surface area (Å²) in [5.74, 6) is -2.33. The number of ether oxygens (including phenoxy) is 4. The van der Waals surface area contributed by atoms with Crippen LogP contribution in [0, 0.1) is 17.8 Å². The summed E-state index contributed by atoms with van der Waals surface area (Å²) in [5, 5.41) is 33.1. The normalized spacial score (nSPS) is 25.8. The Kier molecular flexibility index (Phi) is 19.4. The summed E-state index contributed by atoms with van der Waals surface area (Å²) in [7, 11) is 4.86. The molecule has 2 heterocycles. The lowest BCUT2D eigenvalue weighted by molar-refractivity contribution is -0.272. The van der Waals surface area contributed by atoms with Gasteiger partial charge in [0.25, 0.3) is 0 Å². The highest BCUT2D eigenvalue weighted by molar-refractivity contribution is 5.80. The standard InChI is InChI=1S/C39H65N3O11/c1-11-15-26(16-12-2)31(52-39-29(44)20-28(43)36(53-39)38(48)49)22-40-37(47)25(7)35(51-10)27-17-14-18-42(27)33(46)21-30(50-9)34(24(6)13-3)41(8)32(45)19-23(4)5/h11-12,15-16,23-25,27-31,34-36,39,43-44H,1,13-14,17-22H2,2-10H3,(H,40,47)(H,48,49)/b16-12-,26-15+/t24?,25?,27?,28?,29?,30?,31?,34?,35?,36-,39+/m0/s1. The van der Waals surface area contributed by atoms with Gasteiger partial charge in [-0.25, -0.2) is 4.79 Å². The van der Waals surface area contributed by atoms with Crippen molar-refractivity contribution in [2.75, 3.05) is 34.4 Å². The van der Waals surface area contributed by atoms with Crippen LogP contribution in [-0.4, -0.2) is 138 Å². The molecule has 0 radical (unpaired) electrons. The van der Waals surface area contributed by atoms with Gasteiger partial charge in [0.15, 0.2) is 12.4 Å². The second kappa shape index (κ2) is 22.3. The number of allylic oxidation sites excluding steroid dienone is 3. The van der Waals surface area contributed by atoms with Gasteiger partial charge in [0.2, 0.25) is 17.7 Å². The minimum atomic E-state index is -1.60. The maximum atomic E-state index is 14.0. The first-order valence-electron chi connectivity index (χ1n) is 18.8. The maximum Gasteiger partial charge on any atom is 0.335 e. The number of aliphatic carboxylic acids is 1. The summed E-state index contributed by atoms with van der Waals surface area (Å²) in [6.45, 7) is 15.8. The van der Waals surface area contributed by atoms with E-state index in [1.807, 2.05) is 13.8 Å². The average Bonchev–Trinajstić information content (AvgIpc) is 3.59. The van der Waals surface area contributed by atoms with Crippen molar-refractivity contribution < 1.29 is 53.4 Å². The quantitative estimate of drug-likeness (QED) is 0.127. The molecule has 302 valence electrons. The lowest BCUT2D eigenvalue weighted by Gasteiger charge is -2.39. The molecule has 53 heavy (non-hydrogen) atoms. The van der Waals surface area contributed by atoms with Crippen LogP contribution < -0.4 is 5.32 Å². The van der Waals surface area contributed by atoms with Crippen LogP contribution in [0.4, 0.5) is 0 Å². The van der Waals surface area contributed by atoms with E-state index in [9.17, 15) is 34.5 Å². The zero-order valence-electron chi connectivity index (χ0n) is 33.1. The number of carboxylic acid groups (broad SMARTS) is 1. The van der Waals surface area contributed by atoms with Crippen molar-refractivity contribution >= 4 is 23.7 Å². The highest BCUT2D eigenvalue weighted by Gasteiger charge is 2.44. The van der Waals surface area contributed by atoms with Crippen LogP contribution >= 0.6 is 0 Å². The molecule has 0 aliphatic carbocycles. The van der Waals surface area contributed by atoms with Crippen molar-refractivity contribution in [3.05, 3.63) is 36.5 Å². The number of carbonyl (C=O) groups is 4. The molecule has 0 aromatic carbocycles. The molecule has 2 aliphatic rings. The Labute approximate surface area is 315 Å². The number of aliphatic hydroxyl groups is 2. The topological polar surface area (TPSA) is 184 Å². The summed E-state index contributed by atoms with van der Waals surface area (Å²) in [4.78, 5) is 56.0. The molecular weight excluding hydrogens is 686 g/mol. The number of rotatable bonds is 21. The molecule has 0 saturated carbocycles. The van der Waals surface area contributed by atoms with Crippen molar-refractivity contribution in [3.8, 4) is 0 Å². The monoisotopic (exact) mass is 751 g/mol. The first-order chi connectivity index (χ1) is 25.1. The Balaban J connectivity index is 2.24. The zero-order valence-corrected chi connectivity index (χ0v) is 33.1. The van der Waals surface area contributed by atoms with Crippen LogP contribution in [0.5, 0.6) is 0 Å². The fourth-order valence-corrected chi connectivity index (χ4v) is 7.33. The molecule has 0 bridgehead atoms. The fraction of sp³-hybridized carbons (Fsp3) is 0.744. The van der Waals surface area contributed by atoms with Gasteiger partial charge >= 0.3 is 5.97 Å². The Hall–Kier alpha value is -3.14. The van der Waals surface area contributed by atoms with Gasteiger partial charge < -0.3 is 49.4 Å². The van der Waals surface area contributed by atoms with Crippen molar-refractivity contribution in [1.82, 2.24) is 15.1 Å². The minimum absolute atomic E-state index is 0.00860. The van der Waals surface area contributed by atoms with Crippen LogP contribution in [0.1, 0.15) is 80.1 Å². The number of nitrogens with zero attached hydrogens (tertiary/aromatic N) is 2. The van der Waals surface area contributed by atoms with Crippen LogP contribution in [0.2, 0.25) is 0 Å². The summed E-state index contributed by atoms with van der Waals surface area (Å²) in [6, 6.07) is -0.688. The smallest absolute Gasteiger partial charge is 0.335 e. The van der Waals surface area contributed by atoms with E-state index in [0.29, 0.717) is 25.0 Å². The predicted octanol–water partition coefficient (Wildman–Crippen LogP) is 3.06. The molecule has 3 amide bonds. The SMILES string of the molecule is C=C/C=C(\C=C/C)C(CNC(=O)C(C)C(OC)C1CCCN1C(=O)CC(OC)C(C(C)CC)N(C)C(=O)CC(C)C)O[C@@H]1O[C@H](C(=O)O)C(O)CC1O. The number of carbonyl (C=O) groups excluding carboxylic acids is 3. The number of carboxylic acids is 1. The van der Waals surface area contributed by atoms with Gasteiger partial charge in [0, 0.05) is 47.2 Å². The molecule has 2 saturated heterocycles. The van der Waals surface area contributed by atoms with Gasteiger partial charge in [0.1, 0.15) is 12.2 Å². The van der Waals surface area contributed by atoms with Crippen molar-refractivity contribution in [2.45, 2.75) is 135 Å². The van der Waals surface area contributed by atoms with E-state index < -0.39 is 54.8 Å². The number of amides is 3. The van der Waals surface area contributed by atoms with E-state index in [0.717, 1.165) is 12.8 Å². The van der Waals surface area contributed by atoms with Gasteiger partial charge in [0.05, 0.1) is 42.7 Å². The van der Waals surface area contributed by atoms with Crippen LogP contribution in [0.15, 0.2) is 36.5 Å². The Morgan fingerprint density at radius 3 is 2.30 bits per heavy atom. The molecular formula is C39H65N3O11. The largest absolute Gasteiger partial charge is 0.479 e. The van der Waals surface area contributed by atoms with E-state index in [2.05, 4.69) is 25.7 Å². The van der Waals surface area contributed by atoms with E-state index >= 15 is 0 Å². The summed E-state index contributed by atoms with van der Waals surface area (Å²) in [5.41, 5.74) is 0.569. The maximum absolute atomic E-state index is 14.0. The molecule has 2 rings (SSSR count). The zero-order chi connectivity index (χ0) is 40.0. The summed E-state index contributed by atoms with van der Waals surface area (Å²) >= 11 is 0. The number of hydrogen-bond donors (Lipinski definition) is 4. The van der Waals surface area contributed by atoms with Gasteiger partial charge in [-0.2, -0.15) is 0 Å². The first-order valence-corrected chi connectivity index (χ1v) is 18.8. The summed E-state index contributed by atoms with van der Waals surface area (Å²) in [6.07, 6.45) is 1.22. The Morgan fingerprint density at radius 2 is 1.75 bits per heavy atom. The Morgan fingerprint density at radius 1 is 1.08 bits per heavy atom. The first kappa shape index (κ1) is 46.0. The number of aliphatic hydroxyl groups excluding tert-OH is 2. The average molecular weight is 752 g/mol. The molecule has 2 fully saturated rings. The van der Waals surface area contributed by atoms with E-state index in [1.165, 1.54) is 13.2 Å². The molecule has 0 spiro atoms. The predicted molar refractivity (Wildman–Crippen MR) is 199 cm³/mol. The molecule has 2 aliphatic heterocycles. The third-order valence-corrected chi connectivity index (χ3v) is 10.4. The van der Waals surface area contributed by atoms with Crippen molar-refractivity contribution in [3.63, 3.8) is 0 Å². The summed E-state index contributed by atoms with van der Waals surface area (Å²) < 4.78 is 23.3. The number of hydrogen-bond acceptors (Lipinski definition) is 10. The molecule has 11 atom stereocenters. The van der Waals surface area contributed by atoms with E-state index in [1.54, 1.807) is 56.0 Å². The van der Waals surface area contributed by atoms with Crippen molar-refractivity contribution in [2.24, 2.45) is 17.8 Å². The van der Waals surface area contributed by atoms with Crippen LogP contribution in [0.25, 0.3) is 0 Å². The van der Waals surface area contributed by atoms with Crippen LogP contribution in [-0.2, 0) is 38.1 Å². The third-order valence-electron chi connectivity index (χ3n) is 10.4. The highest BCUT2D eigenvalue weighted by Crippen LogP contribution is 2.30. The lowest BCUT2D eigenvalue weighted by Crippen LogP contribution is -2.54. The third kappa shape index (κ3) is 12.7. The molecule has 0 aromatic heterocycles. The fourth-order valence-electron chi connectivity index (χ4n) is 7.33. The molecule has 0 aromatic rings. The number of nitrogens with one attached hydrogen (secondary N) is 1. The van der Waals surface area contributed by atoms with E-state index in [4.69, 9.17) is 18.9 Å². The van der Waals surface area contributed by atoms with E-state index in [-0.39, 0.29) is 61.0 Å². The molecule has 14 heteroatoms. The van der Waals surface area contributed by atoms with Gasteiger partial charge in [-0.3, -0.25) is 14.4 Å². The van der Waals surface area contributed by atoms with Crippen molar-refractivity contribution in [1.29, 1.82) is 0 Å². The van der Waals surface area contributed by atoms with Gasteiger partial charge in [-0.1, -0.05) is 71.9 Å².